The number of rotatable bonds is 3. The van der Waals surface area contributed by atoms with Crippen LogP contribution in [0, 0.1) is 5.41 Å². The molecule has 0 aliphatic heterocycles. The van der Waals surface area contributed by atoms with Crippen LogP contribution in [-0.2, 0) is 13.5 Å². The van der Waals surface area contributed by atoms with Gasteiger partial charge in [0.25, 0.3) is 0 Å². The van der Waals surface area contributed by atoms with Crippen LogP contribution in [0.3, 0.4) is 0 Å². The molecule has 1 unspecified atom stereocenters. The molecule has 0 aromatic carbocycles. The van der Waals surface area contributed by atoms with Gasteiger partial charge in [0.2, 0.25) is 0 Å². The standard InChI is InChI=1S/C16H23N5/c1-5-17-12-8-16(2,3)9-13-11(12)10-18-15(20-13)14-6-7-19-21(14)4/h6-7,10,12,17H,5,8-9H2,1-4H3. The van der Waals surface area contributed by atoms with Crippen molar-refractivity contribution < 1.29 is 0 Å². The highest BCUT2D eigenvalue weighted by atomic mass is 15.3. The molecule has 0 bridgehead atoms. The van der Waals surface area contributed by atoms with Gasteiger partial charge in [0.1, 0.15) is 5.69 Å². The van der Waals surface area contributed by atoms with Crippen molar-refractivity contribution in [2.45, 2.75) is 39.7 Å². The Labute approximate surface area is 125 Å². The van der Waals surface area contributed by atoms with Crippen LogP contribution < -0.4 is 5.32 Å². The Morgan fingerprint density at radius 2 is 2.24 bits per heavy atom. The van der Waals surface area contributed by atoms with Crippen LogP contribution >= 0.6 is 0 Å². The number of hydrogen-bond donors (Lipinski definition) is 1. The van der Waals surface area contributed by atoms with Gasteiger partial charge in [-0.05, 0) is 30.9 Å². The van der Waals surface area contributed by atoms with Gasteiger partial charge in [-0.1, -0.05) is 20.8 Å². The molecule has 0 fully saturated rings. The van der Waals surface area contributed by atoms with Crippen LogP contribution in [0.15, 0.2) is 18.5 Å². The average molecular weight is 285 g/mol. The lowest BCUT2D eigenvalue weighted by Gasteiger charge is -2.36. The molecule has 1 N–H and O–H groups in total. The van der Waals surface area contributed by atoms with Gasteiger partial charge in [-0.3, -0.25) is 4.68 Å². The summed E-state index contributed by atoms with van der Waals surface area (Å²) in [6, 6.07) is 2.31. The predicted molar refractivity (Wildman–Crippen MR) is 82.8 cm³/mol. The van der Waals surface area contributed by atoms with Gasteiger partial charge in [0.05, 0.1) is 0 Å². The van der Waals surface area contributed by atoms with E-state index in [2.05, 4.69) is 36.2 Å². The summed E-state index contributed by atoms with van der Waals surface area (Å²) in [4.78, 5) is 9.40. The van der Waals surface area contributed by atoms with E-state index in [1.165, 1.54) is 11.3 Å². The fourth-order valence-electron chi connectivity index (χ4n) is 3.19. The van der Waals surface area contributed by atoms with Crippen molar-refractivity contribution in [3.63, 3.8) is 0 Å². The molecule has 0 radical (unpaired) electrons. The Morgan fingerprint density at radius 3 is 2.90 bits per heavy atom. The summed E-state index contributed by atoms with van der Waals surface area (Å²) in [6.45, 7) is 7.73. The van der Waals surface area contributed by atoms with Crippen molar-refractivity contribution in [2.75, 3.05) is 6.54 Å². The minimum atomic E-state index is 0.262. The molecule has 2 heterocycles. The van der Waals surface area contributed by atoms with Crippen molar-refractivity contribution in [1.29, 1.82) is 0 Å². The highest BCUT2D eigenvalue weighted by Gasteiger charge is 2.33. The zero-order chi connectivity index (χ0) is 15.0. The Morgan fingerprint density at radius 1 is 1.43 bits per heavy atom. The summed E-state index contributed by atoms with van der Waals surface area (Å²) in [5.41, 5.74) is 3.64. The van der Waals surface area contributed by atoms with Crippen LogP contribution in [0.4, 0.5) is 0 Å². The van der Waals surface area contributed by atoms with E-state index in [4.69, 9.17) is 4.98 Å². The second-order valence-corrected chi connectivity index (χ2v) is 6.59. The van der Waals surface area contributed by atoms with Gasteiger partial charge in [0.15, 0.2) is 5.82 Å². The first-order chi connectivity index (χ1) is 10.00. The van der Waals surface area contributed by atoms with Crippen LogP contribution in [-0.4, -0.2) is 26.3 Å². The van der Waals surface area contributed by atoms with Crippen LogP contribution in [0.25, 0.3) is 11.5 Å². The SMILES string of the molecule is CCNC1CC(C)(C)Cc2nc(-c3ccnn3C)ncc21. The van der Waals surface area contributed by atoms with Crippen LogP contribution in [0.5, 0.6) is 0 Å². The van der Waals surface area contributed by atoms with Crippen molar-refractivity contribution in [3.05, 3.63) is 29.7 Å². The van der Waals surface area contributed by atoms with E-state index in [1.54, 1.807) is 6.20 Å². The molecule has 5 heteroatoms. The Kier molecular flexibility index (Phi) is 3.53. The van der Waals surface area contributed by atoms with E-state index in [-0.39, 0.29) is 5.41 Å². The van der Waals surface area contributed by atoms with E-state index < -0.39 is 0 Å². The molecule has 0 saturated carbocycles. The lowest BCUT2D eigenvalue weighted by Crippen LogP contribution is -2.34. The van der Waals surface area contributed by atoms with Gasteiger partial charge >= 0.3 is 0 Å². The van der Waals surface area contributed by atoms with E-state index in [1.807, 2.05) is 24.0 Å². The summed E-state index contributed by atoms with van der Waals surface area (Å²) in [5, 5.41) is 7.77. The lowest BCUT2D eigenvalue weighted by molar-refractivity contribution is 0.255. The monoisotopic (exact) mass is 285 g/mol. The van der Waals surface area contributed by atoms with Crippen LogP contribution in [0.1, 0.15) is 44.5 Å². The summed E-state index contributed by atoms with van der Waals surface area (Å²) in [6.07, 6.45) is 5.90. The molecule has 21 heavy (non-hydrogen) atoms. The molecule has 2 aromatic rings. The molecule has 0 amide bonds. The second-order valence-electron chi connectivity index (χ2n) is 6.59. The fourth-order valence-corrected chi connectivity index (χ4v) is 3.19. The number of hydrogen-bond acceptors (Lipinski definition) is 4. The normalized spacial score (nSPS) is 20.3. The Hall–Kier alpha value is -1.75. The summed E-state index contributed by atoms with van der Waals surface area (Å²) in [7, 11) is 1.92. The largest absolute Gasteiger partial charge is 0.310 e. The first-order valence-electron chi connectivity index (χ1n) is 7.58. The van der Waals surface area contributed by atoms with Gasteiger partial charge in [0, 0.05) is 36.7 Å². The first-order valence-corrected chi connectivity index (χ1v) is 7.58. The number of aromatic nitrogens is 4. The number of fused-ring (bicyclic) bond motifs is 1. The molecule has 1 aliphatic rings. The summed E-state index contributed by atoms with van der Waals surface area (Å²) < 4.78 is 1.82. The second kappa shape index (κ2) is 5.22. The number of nitrogens with zero attached hydrogens (tertiary/aromatic N) is 4. The highest BCUT2D eigenvalue weighted by molar-refractivity contribution is 5.49. The molecule has 5 nitrogen and oxygen atoms in total. The summed E-state index contributed by atoms with van der Waals surface area (Å²) in [5.74, 6) is 0.765. The number of nitrogens with one attached hydrogen (secondary N) is 1. The predicted octanol–water partition coefficient (Wildman–Crippen LogP) is 2.50. The Bertz CT molecular complexity index is 644. The lowest BCUT2D eigenvalue weighted by atomic mass is 9.74. The third-order valence-electron chi connectivity index (χ3n) is 4.18. The third-order valence-corrected chi connectivity index (χ3v) is 4.18. The van der Waals surface area contributed by atoms with Gasteiger partial charge in [-0.2, -0.15) is 5.10 Å². The maximum Gasteiger partial charge on any atom is 0.178 e. The highest BCUT2D eigenvalue weighted by Crippen LogP contribution is 2.40. The number of aryl methyl sites for hydroxylation is 1. The average Bonchev–Trinajstić information content (AvgIpc) is 2.83. The van der Waals surface area contributed by atoms with Crippen molar-refractivity contribution in [1.82, 2.24) is 25.1 Å². The molecule has 0 spiro atoms. The van der Waals surface area contributed by atoms with E-state index >= 15 is 0 Å². The molecular formula is C16H23N5. The van der Waals surface area contributed by atoms with Gasteiger partial charge in [-0.25, -0.2) is 9.97 Å². The zero-order valence-corrected chi connectivity index (χ0v) is 13.2. The Balaban J connectivity index is 2.03. The zero-order valence-electron chi connectivity index (χ0n) is 13.2. The topological polar surface area (TPSA) is 55.6 Å². The third kappa shape index (κ3) is 2.70. The fraction of sp³-hybridized carbons (Fsp3) is 0.562. The smallest absolute Gasteiger partial charge is 0.178 e. The molecular weight excluding hydrogens is 262 g/mol. The molecule has 3 rings (SSSR count). The molecule has 112 valence electrons. The van der Waals surface area contributed by atoms with Crippen LogP contribution in [0.2, 0.25) is 0 Å². The van der Waals surface area contributed by atoms with Crippen molar-refractivity contribution >= 4 is 0 Å². The molecule has 0 saturated heterocycles. The molecule has 2 aromatic heterocycles. The minimum Gasteiger partial charge on any atom is -0.310 e. The van der Waals surface area contributed by atoms with Gasteiger partial charge in [-0.15, -0.1) is 0 Å². The minimum absolute atomic E-state index is 0.262. The summed E-state index contributed by atoms with van der Waals surface area (Å²) >= 11 is 0. The maximum absolute atomic E-state index is 4.83. The molecule has 1 atom stereocenters. The van der Waals surface area contributed by atoms with Crippen molar-refractivity contribution in [3.8, 4) is 11.5 Å². The first kappa shape index (κ1) is 14.2. The van der Waals surface area contributed by atoms with E-state index in [9.17, 15) is 0 Å². The molecule has 1 aliphatic carbocycles. The quantitative estimate of drug-likeness (QED) is 0.941. The van der Waals surface area contributed by atoms with Gasteiger partial charge < -0.3 is 5.32 Å². The van der Waals surface area contributed by atoms with E-state index in [0.717, 1.165) is 30.9 Å². The maximum atomic E-state index is 4.83. The van der Waals surface area contributed by atoms with E-state index in [0.29, 0.717) is 6.04 Å². The van der Waals surface area contributed by atoms with Crippen molar-refractivity contribution in [2.24, 2.45) is 12.5 Å².